The van der Waals surface area contributed by atoms with Crippen LogP contribution < -0.4 is 10.2 Å². The van der Waals surface area contributed by atoms with Crippen LogP contribution in [0.5, 0.6) is 0 Å². The molecule has 0 bridgehead atoms. The Morgan fingerprint density at radius 1 is 1.25 bits per heavy atom. The van der Waals surface area contributed by atoms with Crippen LogP contribution >= 0.6 is 11.3 Å². The first kappa shape index (κ1) is 15.7. The smallest absolute Gasteiger partial charge is 0.185 e. The van der Waals surface area contributed by atoms with Gasteiger partial charge in [0.15, 0.2) is 5.13 Å². The van der Waals surface area contributed by atoms with E-state index in [9.17, 15) is 0 Å². The van der Waals surface area contributed by atoms with Crippen LogP contribution in [0.2, 0.25) is 0 Å². The minimum absolute atomic E-state index is 0.513. The van der Waals surface area contributed by atoms with Gasteiger partial charge in [-0.3, -0.25) is 4.90 Å². The van der Waals surface area contributed by atoms with Gasteiger partial charge < -0.3 is 10.2 Å². The quantitative estimate of drug-likeness (QED) is 0.874. The van der Waals surface area contributed by atoms with Crippen LogP contribution in [0.15, 0.2) is 5.38 Å². The summed E-state index contributed by atoms with van der Waals surface area (Å²) in [6.45, 7) is 14.3. The summed E-state index contributed by atoms with van der Waals surface area (Å²) < 4.78 is 0. The molecule has 1 atom stereocenters. The molecule has 1 aromatic heterocycles. The highest BCUT2D eigenvalue weighted by molar-refractivity contribution is 7.13. The Labute approximate surface area is 127 Å². The van der Waals surface area contributed by atoms with Crippen LogP contribution in [-0.4, -0.2) is 48.1 Å². The summed E-state index contributed by atoms with van der Waals surface area (Å²) in [5.41, 5.74) is 1.17. The third kappa shape index (κ3) is 4.17. The van der Waals surface area contributed by atoms with E-state index in [2.05, 4.69) is 48.2 Å². The molecule has 0 saturated carbocycles. The van der Waals surface area contributed by atoms with E-state index in [1.807, 2.05) is 0 Å². The first-order chi connectivity index (χ1) is 9.60. The zero-order valence-corrected chi connectivity index (χ0v) is 14.0. The van der Waals surface area contributed by atoms with Crippen LogP contribution in [-0.2, 0) is 6.54 Å². The summed E-state index contributed by atoms with van der Waals surface area (Å²) in [5, 5.41) is 6.80. The molecule has 1 fully saturated rings. The molecular formula is C15H28N4S. The van der Waals surface area contributed by atoms with Crippen LogP contribution in [0.3, 0.4) is 0 Å². The number of rotatable bonds is 6. The van der Waals surface area contributed by atoms with Crippen LogP contribution in [0.25, 0.3) is 0 Å². The fourth-order valence-corrected chi connectivity index (χ4v) is 3.32. The van der Waals surface area contributed by atoms with E-state index in [0.717, 1.165) is 32.7 Å². The summed E-state index contributed by atoms with van der Waals surface area (Å²) in [5.74, 6) is 0. The molecule has 0 aliphatic carbocycles. The van der Waals surface area contributed by atoms with Crippen molar-refractivity contribution < 1.29 is 0 Å². The zero-order valence-electron chi connectivity index (χ0n) is 13.2. The van der Waals surface area contributed by atoms with Gasteiger partial charge in [-0.15, -0.1) is 11.3 Å². The molecule has 2 rings (SSSR count). The van der Waals surface area contributed by atoms with E-state index in [1.165, 1.54) is 17.2 Å². The largest absolute Gasteiger partial charge is 0.346 e. The van der Waals surface area contributed by atoms with Crippen molar-refractivity contribution in [2.24, 2.45) is 0 Å². The third-order valence-corrected chi connectivity index (χ3v) is 4.98. The SMILES string of the molecule is CCC(C)N1CCN(c2nc(CNC(C)C)cs2)CC1. The number of anilines is 1. The Balaban J connectivity index is 1.84. The van der Waals surface area contributed by atoms with E-state index in [4.69, 9.17) is 4.98 Å². The monoisotopic (exact) mass is 296 g/mol. The van der Waals surface area contributed by atoms with Gasteiger partial charge in [-0.2, -0.15) is 0 Å². The van der Waals surface area contributed by atoms with E-state index in [1.54, 1.807) is 11.3 Å². The van der Waals surface area contributed by atoms with Gasteiger partial charge in [-0.1, -0.05) is 20.8 Å². The molecule has 0 spiro atoms. The molecule has 20 heavy (non-hydrogen) atoms. The molecule has 0 aromatic carbocycles. The molecular weight excluding hydrogens is 268 g/mol. The van der Waals surface area contributed by atoms with E-state index >= 15 is 0 Å². The van der Waals surface area contributed by atoms with Gasteiger partial charge in [0.05, 0.1) is 5.69 Å². The molecule has 5 heteroatoms. The summed E-state index contributed by atoms with van der Waals surface area (Å²) in [7, 11) is 0. The van der Waals surface area contributed by atoms with Gasteiger partial charge in [0.1, 0.15) is 0 Å². The number of nitrogens with one attached hydrogen (secondary N) is 1. The van der Waals surface area contributed by atoms with Crippen molar-refractivity contribution >= 4 is 16.5 Å². The molecule has 114 valence electrons. The zero-order chi connectivity index (χ0) is 14.5. The number of thiazole rings is 1. The normalized spacial score (nSPS) is 18.8. The van der Waals surface area contributed by atoms with Crippen molar-refractivity contribution in [3.63, 3.8) is 0 Å². The second-order valence-corrected chi connectivity index (χ2v) is 6.77. The average Bonchev–Trinajstić information content (AvgIpc) is 2.93. The maximum absolute atomic E-state index is 4.76. The van der Waals surface area contributed by atoms with Crippen molar-refractivity contribution in [3.05, 3.63) is 11.1 Å². The maximum atomic E-state index is 4.76. The standard InChI is InChI=1S/C15H28N4S/c1-5-13(4)18-6-8-19(9-7-18)15-17-14(11-20-15)10-16-12(2)3/h11-13,16H,5-10H2,1-4H3. The second-order valence-electron chi connectivity index (χ2n) is 5.94. The molecule has 1 aliphatic heterocycles. The lowest BCUT2D eigenvalue weighted by atomic mass is 10.2. The van der Waals surface area contributed by atoms with Crippen LogP contribution in [0.4, 0.5) is 5.13 Å². The molecule has 1 aromatic rings. The van der Waals surface area contributed by atoms with E-state index < -0.39 is 0 Å². The third-order valence-electron chi connectivity index (χ3n) is 4.03. The van der Waals surface area contributed by atoms with Gasteiger partial charge in [-0.25, -0.2) is 4.98 Å². The van der Waals surface area contributed by atoms with Crippen LogP contribution in [0, 0.1) is 0 Å². The fourth-order valence-electron chi connectivity index (χ4n) is 2.44. The Morgan fingerprint density at radius 2 is 1.95 bits per heavy atom. The molecule has 4 nitrogen and oxygen atoms in total. The predicted molar refractivity (Wildman–Crippen MR) is 87.6 cm³/mol. The summed E-state index contributed by atoms with van der Waals surface area (Å²) in [4.78, 5) is 9.78. The minimum atomic E-state index is 0.513. The Hall–Kier alpha value is -0.650. The molecule has 1 N–H and O–H groups in total. The average molecular weight is 296 g/mol. The lowest BCUT2D eigenvalue weighted by molar-refractivity contribution is 0.193. The van der Waals surface area contributed by atoms with Crippen LogP contribution in [0.1, 0.15) is 39.8 Å². The highest BCUT2D eigenvalue weighted by Crippen LogP contribution is 2.22. The molecule has 1 unspecified atom stereocenters. The lowest BCUT2D eigenvalue weighted by Gasteiger charge is -2.37. The van der Waals surface area contributed by atoms with Crippen molar-refractivity contribution in [1.82, 2.24) is 15.2 Å². The Morgan fingerprint density at radius 3 is 2.55 bits per heavy atom. The van der Waals surface area contributed by atoms with Crippen molar-refractivity contribution in [3.8, 4) is 0 Å². The number of hydrogen-bond donors (Lipinski definition) is 1. The molecule has 0 amide bonds. The van der Waals surface area contributed by atoms with Gasteiger partial charge in [0, 0.05) is 50.2 Å². The summed E-state index contributed by atoms with van der Waals surface area (Å²) in [6.07, 6.45) is 1.24. The molecule has 1 aliphatic rings. The summed E-state index contributed by atoms with van der Waals surface area (Å²) >= 11 is 1.78. The van der Waals surface area contributed by atoms with Gasteiger partial charge in [0.25, 0.3) is 0 Å². The fraction of sp³-hybridized carbons (Fsp3) is 0.800. The first-order valence-electron chi connectivity index (χ1n) is 7.77. The number of nitrogens with zero attached hydrogens (tertiary/aromatic N) is 3. The van der Waals surface area contributed by atoms with Crippen molar-refractivity contribution in [1.29, 1.82) is 0 Å². The summed E-state index contributed by atoms with van der Waals surface area (Å²) in [6, 6.07) is 1.22. The Bertz CT molecular complexity index is 396. The molecule has 2 heterocycles. The second kappa shape index (κ2) is 7.38. The topological polar surface area (TPSA) is 31.4 Å². The first-order valence-corrected chi connectivity index (χ1v) is 8.65. The number of piperazine rings is 1. The molecule has 0 radical (unpaired) electrons. The number of aromatic nitrogens is 1. The van der Waals surface area contributed by atoms with Crippen molar-refractivity contribution in [2.45, 2.75) is 52.7 Å². The predicted octanol–water partition coefficient (Wildman–Crippen LogP) is 2.56. The Kier molecular flexibility index (Phi) is 5.81. The van der Waals surface area contributed by atoms with E-state index in [0.29, 0.717) is 12.1 Å². The van der Waals surface area contributed by atoms with Crippen molar-refractivity contribution in [2.75, 3.05) is 31.1 Å². The van der Waals surface area contributed by atoms with Gasteiger partial charge >= 0.3 is 0 Å². The highest BCUT2D eigenvalue weighted by atomic mass is 32.1. The van der Waals surface area contributed by atoms with Gasteiger partial charge in [-0.05, 0) is 13.3 Å². The highest BCUT2D eigenvalue weighted by Gasteiger charge is 2.21. The minimum Gasteiger partial charge on any atom is -0.346 e. The maximum Gasteiger partial charge on any atom is 0.185 e. The number of hydrogen-bond acceptors (Lipinski definition) is 5. The lowest BCUT2D eigenvalue weighted by Crippen LogP contribution is -2.49. The van der Waals surface area contributed by atoms with E-state index in [-0.39, 0.29) is 0 Å². The molecule has 1 saturated heterocycles. The van der Waals surface area contributed by atoms with Gasteiger partial charge in [0.2, 0.25) is 0 Å².